The van der Waals surface area contributed by atoms with Gasteiger partial charge in [-0.3, -0.25) is 4.90 Å². The molecule has 1 aliphatic rings. The lowest BCUT2D eigenvalue weighted by molar-refractivity contribution is -0.139. The van der Waals surface area contributed by atoms with Gasteiger partial charge in [0.2, 0.25) is 0 Å². The molecule has 7 nitrogen and oxygen atoms in total. The maximum atomic E-state index is 12.5. The Morgan fingerprint density at radius 1 is 1.46 bits per heavy atom. The Balaban J connectivity index is 2.58. The van der Waals surface area contributed by atoms with Gasteiger partial charge in [-0.15, -0.1) is 0 Å². The highest BCUT2D eigenvalue weighted by Gasteiger charge is 2.36. The standard InChI is InChI=1S/C16H19BrN2O5/c1-4-24-15(21)13-10(8-17)19(2)16(22)18-14(13)9-5-6-11(20)12(7-9)23-3/h5-7,14,20H,4,8H2,1-3H3,(H,18,22). The summed E-state index contributed by atoms with van der Waals surface area (Å²) in [6.45, 7) is 1.94. The Kier molecular flexibility index (Phi) is 5.71. The second-order valence-electron chi connectivity index (χ2n) is 5.09. The Labute approximate surface area is 148 Å². The van der Waals surface area contributed by atoms with Gasteiger partial charge in [-0.2, -0.15) is 0 Å². The lowest BCUT2D eigenvalue weighted by atomic mass is 9.94. The first-order valence-electron chi connectivity index (χ1n) is 7.31. The Morgan fingerprint density at radius 3 is 2.75 bits per heavy atom. The minimum absolute atomic E-state index is 0.0251. The third-order valence-electron chi connectivity index (χ3n) is 3.74. The molecule has 8 heteroatoms. The van der Waals surface area contributed by atoms with Crippen LogP contribution in [-0.2, 0) is 9.53 Å². The molecule has 0 radical (unpaired) electrons. The number of aromatic hydroxyl groups is 1. The van der Waals surface area contributed by atoms with Gasteiger partial charge in [-0.05, 0) is 24.6 Å². The van der Waals surface area contributed by atoms with Crippen LogP contribution in [0.15, 0.2) is 29.5 Å². The molecule has 2 rings (SSSR count). The number of esters is 1. The summed E-state index contributed by atoms with van der Waals surface area (Å²) in [7, 11) is 3.01. The van der Waals surface area contributed by atoms with Crippen LogP contribution in [0.5, 0.6) is 11.5 Å². The van der Waals surface area contributed by atoms with Crippen molar-refractivity contribution in [3.05, 3.63) is 35.0 Å². The average Bonchev–Trinajstić information content (AvgIpc) is 2.57. The van der Waals surface area contributed by atoms with E-state index in [0.29, 0.717) is 22.2 Å². The zero-order valence-electron chi connectivity index (χ0n) is 13.6. The monoisotopic (exact) mass is 398 g/mol. The number of carbonyl (C=O) groups is 2. The van der Waals surface area contributed by atoms with Crippen molar-refractivity contribution >= 4 is 27.9 Å². The number of nitrogens with zero attached hydrogens (tertiary/aromatic N) is 1. The predicted molar refractivity (Wildman–Crippen MR) is 91.1 cm³/mol. The molecule has 0 saturated heterocycles. The van der Waals surface area contributed by atoms with Crippen molar-refractivity contribution < 1.29 is 24.2 Å². The van der Waals surface area contributed by atoms with Crippen LogP contribution in [-0.4, -0.2) is 48.1 Å². The molecule has 24 heavy (non-hydrogen) atoms. The molecule has 0 fully saturated rings. The van der Waals surface area contributed by atoms with Crippen molar-refractivity contribution in [1.29, 1.82) is 0 Å². The highest BCUT2D eigenvalue weighted by molar-refractivity contribution is 9.09. The summed E-state index contributed by atoms with van der Waals surface area (Å²) < 4.78 is 10.3. The van der Waals surface area contributed by atoms with Gasteiger partial charge < -0.3 is 19.9 Å². The van der Waals surface area contributed by atoms with E-state index in [0.717, 1.165) is 0 Å². The van der Waals surface area contributed by atoms with Crippen LogP contribution in [0.3, 0.4) is 0 Å². The van der Waals surface area contributed by atoms with E-state index < -0.39 is 12.0 Å². The summed E-state index contributed by atoms with van der Waals surface area (Å²) in [5.41, 5.74) is 1.46. The fourth-order valence-electron chi connectivity index (χ4n) is 2.49. The number of hydrogen-bond donors (Lipinski definition) is 2. The van der Waals surface area contributed by atoms with E-state index in [4.69, 9.17) is 9.47 Å². The first kappa shape index (κ1) is 18.1. The zero-order chi connectivity index (χ0) is 17.9. The van der Waals surface area contributed by atoms with Crippen LogP contribution in [0.25, 0.3) is 0 Å². The lowest BCUT2D eigenvalue weighted by Crippen LogP contribution is -2.47. The lowest BCUT2D eigenvalue weighted by Gasteiger charge is -2.34. The molecule has 0 saturated carbocycles. The van der Waals surface area contributed by atoms with Gasteiger partial charge in [0.1, 0.15) is 0 Å². The molecule has 2 N–H and O–H groups in total. The van der Waals surface area contributed by atoms with Gasteiger partial charge >= 0.3 is 12.0 Å². The second-order valence-corrected chi connectivity index (χ2v) is 5.65. The smallest absolute Gasteiger partial charge is 0.338 e. The molecule has 130 valence electrons. The molecule has 2 amide bonds. The quantitative estimate of drug-likeness (QED) is 0.586. The molecule has 0 aromatic heterocycles. The maximum absolute atomic E-state index is 12.5. The van der Waals surface area contributed by atoms with E-state index in [1.165, 1.54) is 18.1 Å². The number of nitrogens with one attached hydrogen (secondary N) is 1. The van der Waals surface area contributed by atoms with Crippen LogP contribution in [0, 0.1) is 0 Å². The number of carbonyl (C=O) groups excluding carboxylic acids is 2. The van der Waals surface area contributed by atoms with E-state index in [-0.39, 0.29) is 24.1 Å². The molecule has 1 aromatic rings. The van der Waals surface area contributed by atoms with Gasteiger partial charge in [-0.1, -0.05) is 22.0 Å². The number of methoxy groups -OCH3 is 1. The maximum Gasteiger partial charge on any atom is 0.338 e. The fourth-order valence-corrected chi connectivity index (χ4v) is 3.17. The Hall–Kier alpha value is -2.22. The number of amides is 2. The average molecular weight is 399 g/mol. The van der Waals surface area contributed by atoms with Gasteiger partial charge in [0, 0.05) is 18.1 Å². The number of hydrogen-bond acceptors (Lipinski definition) is 5. The molecule has 0 aliphatic carbocycles. The topological polar surface area (TPSA) is 88.1 Å². The summed E-state index contributed by atoms with van der Waals surface area (Å²) in [5.74, 6) is -0.275. The normalized spacial score (nSPS) is 17.6. The Morgan fingerprint density at radius 2 is 2.17 bits per heavy atom. The van der Waals surface area contributed by atoms with Gasteiger partial charge in [0.25, 0.3) is 0 Å². The van der Waals surface area contributed by atoms with Crippen molar-refractivity contribution in [3.8, 4) is 11.5 Å². The van der Waals surface area contributed by atoms with E-state index in [1.807, 2.05) is 0 Å². The van der Waals surface area contributed by atoms with Crippen LogP contribution in [0.2, 0.25) is 0 Å². The van der Waals surface area contributed by atoms with Gasteiger partial charge in [0.15, 0.2) is 11.5 Å². The van der Waals surface area contributed by atoms with Gasteiger partial charge in [0.05, 0.1) is 25.3 Å². The fraction of sp³-hybridized carbons (Fsp3) is 0.375. The second kappa shape index (κ2) is 7.57. The summed E-state index contributed by atoms with van der Waals surface area (Å²) >= 11 is 3.33. The number of rotatable bonds is 5. The third kappa shape index (κ3) is 3.33. The zero-order valence-corrected chi connectivity index (χ0v) is 15.2. The third-order valence-corrected chi connectivity index (χ3v) is 4.27. The minimum Gasteiger partial charge on any atom is -0.504 e. The summed E-state index contributed by atoms with van der Waals surface area (Å²) in [6, 6.07) is 3.62. The SMILES string of the molecule is CCOC(=O)C1=C(CBr)N(C)C(=O)NC1c1ccc(O)c(OC)c1. The number of halogens is 1. The van der Waals surface area contributed by atoms with Gasteiger partial charge in [-0.25, -0.2) is 9.59 Å². The van der Waals surface area contributed by atoms with Crippen LogP contribution >= 0.6 is 15.9 Å². The molecular weight excluding hydrogens is 380 g/mol. The van der Waals surface area contributed by atoms with E-state index in [2.05, 4.69) is 21.2 Å². The molecule has 0 spiro atoms. The summed E-state index contributed by atoms with van der Waals surface area (Å²) in [5, 5.41) is 12.8. The van der Waals surface area contributed by atoms with E-state index in [9.17, 15) is 14.7 Å². The number of ether oxygens (including phenoxy) is 2. The molecule has 0 bridgehead atoms. The van der Waals surface area contributed by atoms with Crippen molar-refractivity contribution in [2.75, 3.05) is 26.1 Å². The van der Waals surface area contributed by atoms with Crippen molar-refractivity contribution in [1.82, 2.24) is 10.2 Å². The van der Waals surface area contributed by atoms with E-state index >= 15 is 0 Å². The number of alkyl halides is 1. The van der Waals surface area contributed by atoms with Crippen LogP contribution < -0.4 is 10.1 Å². The number of allylic oxidation sites excluding steroid dienone is 1. The number of phenols is 1. The minimum atomic E-state index is -0.699. The molecule has 1 unspecified atom stereocenters. The first-order valence-corrected chi connectivity index (χ1v) is 8.43. The van der Waals surface area contributed by atoms with Crippen LogP contribution in [0.1, 0.15) is 18.5 Å². The largest absolute Gasteiger partial charge is 0.504 e. The molecule has 1 aromatic carbocycles. The highest BCUT2D eigenvalue weighted by atomic mass is 79.9. The van der Waals surface area contributed by atoms with Crippen molar-refractivity contribution in [2.45, 2.75) is 13.0 Å². The molecule has 1 atom stereocenters. The van der Waals surface area contributed by atoms with E-state index in [1.54, 1.807) is 26.1 Å². The summed E-state index contributed by atoms with van der Waals surface area (Å²) in [6.07, 6.45) is 0. The highest BCUT2D eigenvalue weighted by Crippen LogP contribution is 2.35. The predicted octanol–water partition coefficient (Wildman–Crippen LogP) is 2.31. The number of phenolic OH excluding ortho intramolecular Hbond substituents is 1. The number of benzene rings is 1. The number of urea groups is 1. The van der Waals surface area contributed by atoms with Crippen molar-refractivity contribution in [3.63, 3.8) is 0 Å². The first-order chi connectivity index (χ1) is 11.4. The van der Waals surface area contributed by atoms with Crippen molar-refractivity contribution in [2.24, 2.45) is 0 Å². The summed E-state index contributed by atoms with van der Waals surface area (Å²) in [4.78, 5) is 26.1. The molecule has 1 aliphatic heterocycles. The molecular formula is C16H19BrN2O5. The van der Waals surface area contributed by atoms with Crippen LogP contribution in [0.4, 0.5) is 4.79 Å². The molecule has 1 heterocycles. The Bertz CT molecular complexity index is 689.